The first-order valence-corrected chi connectivity index (χ1v) is 7.69. The predicted octanol–water partition coefficient (Wildman–Crippen LogP) is 3.36. The van der Waals surface area contributed by atoms with Gasteiger partial charge in [0.2, 0.25) is 0 Å². The minimum Gasteiger partial charge on any atom is -0.327 e. The number of thiocarbonyl (C=S) groups is 1. The highest BCUT2D eigenvalue weighted by atomic mass is 32.1. The molecule has 7 heteroatoms. The molecule has 120 valence electrons. The number of alkyl halides is 3. The van der Waals surface area contributed by atoms with Crippen molar-refractivity contribution in [2.75, 3.05) is 4.90 Å². The van der Waals surface area contributed by atoms with Gasteiger partial charge in [-0.15, -0.1) is 0 Å². The summed E-state index contributed by atoms with van der Waals surface area (Å²) in [5.74, 6) is -0.201. The number of benzene rings is 1. The summed E-state index contributed by atoms with van der Waals surface area (Å²) in [7, 11) is 0. The van der Waals surface area contributed by atoms with E-state index in [1.807, 2.05) is 24.0 Å². The normalized spacial score (nSPS) is 32.2. The van der Waals surface area contributed by atoms with Crippen molar-refractivity contribution in [2.24, 2.45) is 5.92 Å². The Hall–Kier alpha value is -1.89. The molecule has 2 fully saturated rings. The van der Waals surface area contributed by atoms with E-state index in [1.165, 1.54) is 17.0 Å². The van der Waals surface area contributed by atoms with Gasteiger partial charge < -0.3 is 4.90 Å². The fourth-order valence-electron chi connectivity index (χ4n) is 3.88. The number of carbonyl (C=O) groups is 1. The largest absolute Gasteiger partial charge is 0.416 e. The van der Waals surface area contributed by atoms with Gasteiger partial charge >= 0.3 is 6.18 Å². The van der Waals surface area contributed by atoms with Gasteiger partial charge in [0.25, 0.3) is 5.91 Å². The molecule has 4 rings (SSSR count). The fourth-order valence-corrected chi connectivity index (χ4v) is 4.40. The molecule has 2 bridgehead atoms. The van der Waals surface area contributed by atoms with Crippen LogP contribution in [0, 0.1) is 5.92 Å². The molecule has 0 saturated carbocycles. The van der Waals surface area contributed by atoms with Crippen LogP contribution in [0.1, 0.15) is 18.9 Å². The Labute approximate surface area is 136 Å². The van der Waals surface area contributed by atoms with Crippen molar-refractivity contribution in [2.45, 2.75) is 31.1 Å². The van der Waals surface area contributed by atoms with Gasteiger partial charge in [0.1, 0.15) is 5.54 Å². The minimum atomic E-state index is -4.46. The second-order valence-electron chi connectivity index (χ2n) is 6.28. The number of fused-ring (bicyclic) bond motifs is 5. The highest BCUT2D eigenvalue weighted by molar-refractivity contribution is 7.80. The Morgan fingerprint density at radius 3 is 2.70 bits per heavy atom. The number of anilines is 1. The van der Waals surface area contributed by atoms with Gasteiger partial charge in [-0.25, -0.2) is 0 Å². The molecule has 1 aromatic carbocycles. The highest BCUT2D eigenvalue weighted by Gasteiger charge is 2.64. The summed E-state index contributed by atoms with van der Waals surface area (Å²) >= 11 is 5.43. The van der Waals surface area contributed by atoms with Crippen molar-refractivity contribution in [3.63, 3.8) is 0 Å². The molecule has 0 radical (unpaired) electrons. The molecule has 3 atom stereocenters. The summed E-state index contributed by atoms with van der Waals surface area (Å²) in [4.78, 5) is 16.1. The Balaban J connectivity index is 1.78. The van der Waals surface area contributed by atoms with Crippen LogP contribution >= 0.6 is 12.2 Å². The maximum atomic E-state index is 13.0. The van der Waals surface area contributed by atoms with Crippen LogP contribution in [0.25, 0.3) is 0 Å². The van der Waals surface area contributed by atoms with E-state index in [2.05, 4.69) is 0 Å². The molecular formula is C16H13F3N2OS. The molecule has 0 unspecified atom stereocenters. The second-order valence-corrected chi connectivity index (χ2v) is 6.65. The maximum absolute atomic E-state index is 13.0. The zero-order valence-electron chi connectivity index (χ0n) is 12.2. The SMILES string of the molecule is C[C@]12C(=O)N(c3cccc(C(F)(F)F)c3)C(=S)N1[C@H]1C=C[C@@H]2C1. The number of nitrogens with zero attached hydrogens (tertiary/aromatic N) is 2. The number of hydrogen-bond donors (Lipinski definition) is 0. The highest BCUT2D eigenvalue weighted by Crippen LogP contribution is 2.50. The molecule has 1 aliphatic carbocycles. The van der Waals surface area contributed by atoms with Crippen molar-refractivity contribution < 1.29 is 18.0 Å². The standard InChI is InChI=1S/C16H13F3N2OS/c1-15-9-5-6-12(7-9)21(15)14(23)20(13(15)22)11-4-2-3-10(8-11)16(17,18)19/h2-6,8-9,12H,7H2,1H3/t9-,12+,15+/m1/s1. The monoisotopic (exact) mass is 338 g/mol. The molecule has 3 nitrogen and oxygen atoms in total. The first kappa shape index (κ1) is 14.7. The van der Waals surface area contributed by atoms with E-state index in [0.29, 0.717) is 0 Å². The lowest BCUT2D eigenvalue weighted by atomic mass is 9.87. The van der Waals surface area contributed by atoms with Crippen LogP contribution in [0.5, 0.6) is 0 Å². The average molecular weight is 338 g/mol. The number of amides is 1. The Morgan fingerprint density at radius 1 is 1.30 bits per heavy atom. The third-order valence-corrected chi connectivity index (χ3v) is 5.46. The first-order chi connectivity index (χ1) is 10.7. The Morgan fingerprint density at radius 2 is 2.04 bits per heavy atom. The Kier molecular flexibility index (Phi) is 2.77. The molecule has 3 aliphatic rings. The number of carbonyl (C=O) groups excluding carboxylic acids is 1. The topological polar surface area (TPSA) is 23.6 Å². The average Bonchev–Trinajstić information content (AvgIpc) is 3.11. The van der Waals surface area contributed by atoms with Crippen molar-refractivity contribution in [1.82, 2.24) is 4.90 Å². The molecule has 0 aromatic heterocycles. The third-order valence-electron chi connectivity index (χ3n) is 5.08. The van der Waals surface area contributed by atoms with E-state index < -0.39 is 17.3 Å². The van der Waals surface area contributed by atoms with Crippen LogP contribution < -0.4 is 4.90 Å². The van der Waals surface area contributed by atoms with Gasteiger partial charge in [-0.2, -0.15) is 13.2 Å². The van der Waals surface area contributed by atoms with Crippen LogP contribution in [0.2, 0.25) is 0 Å². The van der Waals surface area contributed by atoms with E-state index in [0.717, 1.165) is 18.6 Å². The van der Waals surface area contributed by atoms with Crippen LogP contribution in [-0.2, 0) is 11.0 Å². The first-order valence-electron chi connectivity index (χ1n) is 7.28. The van der Waals surface area contributed by atoms with E-state index in [1.54, 1.807) is 0 Å². The summed E-state index contributed by atoms with van der Waals surface area (Å²) in [5, 5.41) is 0.286. The zero-order chi connectivity index (χ0) is 16.6. The molecule has 2 heterocycles. The van der Waals surface area contributed by atoms with Gasteiger partial charge in [-0.3, -0.25) is 9.69 Å². The van der Waals surface area contributed by atoms with Crippen molar-refractivity contribution in [3.05, 3.63) is 42.0 Å². The summed E-state index contributed by atoms with van der Waals surface area (Å²) in [6.07, 6.45) is 0.402. The maximum Gasteiger partial charge on any atom is 0.416 e. The van der Waals surface area contributed by atoms with Crippen LogP contribution in [0.15, 0.2) is 36.4 Å². The van der Waals surface area contributed by atoms with Crippen LogP contribution in [0.3, 0.4) is 0 Å². The van der Waals surface area contributed by atoms with Crippen molar-refractivity contribution >= 4 is 28.9 Å². The summed E-state index contributed by atoms with van der Waals surface area (Å²) in [5.41, 5.74) is -1.40. The smallest absolute Gasteiger partial charge is 0.327 e. The summed E-state index contributed by atoms with van der Waals surface area (Å²) in [6.45, 7) is 1.82. The second kappa shape index (κ2) is 4.35. The molecule has 0 spiro atoms. The van der Waals surface area contributed by atoms with E-state index in [4.69, 9.17) is 12.2 Å². The lowest BCUT2D eigenvalue weighted by molar-refractivity contribution is -0.137. The molecule has 1 aromatic rings. The lowest BCUT2D eigenvalue weighted by Gasteiger charge is -2.33. The summed E-state index contributed by atoms with van der Waals surface area (Å²) < 4.78 is 38.8. The van der Waals surface area contributed by atoms with Crippen LogP contribution in [-0.4, -0.2) is 27.5 Å². The zero-order valence-corrected chi connectivity index (χ0v) is 13.0. The third kappa shape index (κ3) is 1.77. The van der Waals surface area contributed by atoms with Gasteiger partial charge in [-0.1, -0.05) is 18.2 Å². The Bertz CT molecular complexity index is 760. The van der Waals surface area contributed by atoms with Gasteiger partial charge in [0, 0.05) is 5.92 Å². The molecular weight excluding hydrogens is 325 g/mol. The van der Waals surface area contributed by atoms with Gasteiger partial charge in [0.15, 0.2) is 5.11 Å². The predicted molar refractivity (Wildman–Crippen MR) is 82.8 cm³/mol. The van der Waals surface area contributed by atoms with E-state index >= 15 is 0 Å². The fraction of sp³-hybridized carbons (Fsp3) is 0.375. The van der Waals surface area contributed by atoms with Crippen LogP contribution in [0.4, 0.5) is 18.9 Å². The molecule has 2 aliphatic heterocycles. The van der Waals surface area contributed by atoms with E-state index in [9.17, 15) is 18.0 Å². The minimum absolute atomic E-state index is 0.0498. The quantitative estimate of drug-likeness (QED) is 0.579. The van der Waals surface area contributed by atoms with Gasteiger partial charge in [0.05, 0.1) is 17.3 Å². The molecule has 0 N–H and O–H groups in total. The van der Waals surface area contributed by atoms with Crippen molar-refractivity contribution in [1.29, 1.82) is 0 Å². The summed E-state index contributed by atoms with van der Waals surface area (Å²) in [6, 6.07) is 4.80. The molecule has 1 amide bonds. The van der Waals surface area contributed by atoms with Crippen molar-refractivity contribution in [3.8, 4) is 0 Å². The molecule has 23 heavy (non-hydrogen) atoms. The van der Waals surface area contributed by atoms with Gasteiger partial charge in [-0.05, 0) is 43.8 Å². The molecule has 2 saturated heterocycles. The number of hydrogen-bond acceptors (Lipinski definition) is 2. The number of rotatable bonds is 1. The number of halogens is 3. The lowest BCUT2D eigenvalue weighted by Crippen LogP contribution is -2.49. The van der Waals surface area contributed by atoms with E-state index in [-0.39, 0.29) is 28.7 Å².